The van der Waals surface area contributed by atoms with Gasteiger partial charge >= 0.3 is 0 Å². The lowest BCUT2D eigenvalue weighted by molar-refractivity contribution is 0.114. The van der Waals surface area contributed by atoms with Crippen LogP contribution in [-0.4, -0.2) is 17.8 Å². The van der Waals surface area contributed by atoms with Crippen molar-refractivity contribution in [2.24, 2.45) is 5.92 Å². The van der Waals surface area contributed by atoms with Gasteiger partial charge in [0.1, 0.15) is 0 Å². The lowest BCUT2D eigenvalue weighted by Gasteiger charge is -2.21. The molecular weight excluding hydrogens is 280 g/mol. The first-order valence-corrected chi connectivity index (χ1v) is 6.84. The quantitative estimate of drug-likeness (QED) is 0.707. The van der Waals surface area contributed by atoms with Gasteiger partial charge in [0.25, 0.3) is 0 Å². The molecule has 0 radical (unpaired) electrons. The van der Waals surface area contributed by atoms with Gasteiger partial charge in [0.2, 0.25) is 0 Å². The lowest BCUT2D eigenvalue weighted by Crippen LogP contribution is -2.27. The van der Waals surface area contributed by atoms with E-state index in [0.29, 0.717) is 18.2 Å². The standard InChI is InChI=1S/C13H21BrN2O/c1-3-9(4-2)13(17)8-16-12-6-5-10(14)7-11(12)15/h5-7,9,13,16-17H,3-4,8,15H2,1-2H3. The fourth-order valence-corrected chi connectivity index (χ4v) is 2.29. The Morgan fingerprint density at radius 3 is 2.53 bits per heavy atom. The van der Waals surface area contributed by atoms with Crippen molar-refractivity contribution in [2.45, 2.75) is 32.8 Å². The highest BCUT2D eigenvalue weighted by molar-refractivity contribution is 9.10. The van der Waals surface area contributed by atoms with E-state index in [1.54, 1.807) is 0 Å². The van der Waals surface area contributed by atoms with Gasteiger partial charge in [0, 0.05) is 11.0 Å². The molecular formula is C13H21BrN2O. The van der Waals surface area contributed by atoms with Gasteiger partial charge in [0.05, 0.1) is 17.5 Å². The van der Waals surface area contributed by atoms with Crippen molar-refractivity contribution in [2.75, 3.05) is 17.6 Å². The van der Waals surface area contributed by atoms with Gasteiger partial charge in [-0.2, -0.15) is 0 Å². The van der Waals surface area contributed by atoms with E-state index < -0.39 is 0 Å². The zero-order valence-electron chi connectivity index (χ0n) is 10.4. The molecule has 3 nitrogen and oxygen atoms in total. The molecule has 0 aliphatic rings. The lowest BCUT2D eigenvalue weighted by atomic mass is 9.96. The molecule has 0 aliphatic carbocycles. The number of nitrogens with one attached hydrogen (secondary N) is 1. The van der Waals surface area contributed by atoms with E-state index in [2.05, 4.69) is 35.1 Å². The molecule has 1 unspecified atom stereocenters. The van der Waals surface area contributed by atoms with E-state index in [0.717, 1.165) is 23.0 Å². The van der Waals surface area contributed by atoms with Crippen molar-refractivity contribution in [3.63, 3.8) is 0 Å². The molecule has 0 aromatic heterocycles. The zero-order valence-corrected chi connectivity index (χ0v) is 12.0. The molecule has 1 rings (SSSR count). The summed E-state index contributed by atoms with van der Waals surface area (Å²) < 4.78 is 0.959. The number of halogens is 1. The minimum Gasteiger partial charge on any atom is -0.397 e. The van der Waals surface area contributed by atoms with Gasteiger partial charge in [-0.3, -0.25) is 0 Å². The first kappa shape index (κ1) is 14.3. The third-order valence-electron chi connectivity index (χ3n) is 3.11. The second-order valence-corrected chi connectivity index (χ2v) is 5.17. The Bertz CT molecular complexity index is 353. The predicted molar refractivity (Wildman–Crippen MR) is 77.1 cm³/mol. The van der Waals surface area contributed by atoms with Crippen LogP contribution in [0.3, 0.4) is 0 Å². The number of aliphatic hydroxyl groups excluding tert-OH is 1. The molecule has 1 aromatic carbocycles. The molecule has 0 saturated heterocycles. The van der Waals surface area contributed by atoms with E-state index in [4.69, 9.17) is 5.73 Å². The highest BCUT2D eigenvalue weighted by Crippen LogP contribution is 2.23. The summed E-state index contributed by atoms with van der Waals surface area (Å²) >= 11 is 3.36. The fourth-order valence-electron chi connectivity index (χ4n) is 1.91. The van der Waals surface area contributed by atoms with Crippen LogP contribution in [0.25, 0.3) is 0 Å². The summed E-state index contributed by atoms with van der Waals surface area (Å²) in [6.07, 6.45) is 1.66. The highest BCUT2D eigenvalue weighted by Gasteiger charge is 2.15. The van der Waals surface area contributed by atoms with Gasteiger partial charge in [-0.05, 0) is 24.1 Å². The Kier molecular flexibility index (Phi) is 5.78. The van der Waals surface area contributed by atoms with Crippen molar-refractivity contribution >= 4 is 27.3 Å². The molecule has 4 heteroatoms. The first-order chi connectivity index (χ1) is 8.08. The highest BCUT2D eigenvalue weighted by atomic mass is 79.9. The molecule has 0 fully saturated rings. The van der Waals surface area contributed by atoms with Crippen LogP contribution in [0.5, 0.6) is 0 Å². The summed E-state index contributed by atoms with van der Waals surface area (Å²) in [5.41, 5.74) is 7.44. The summed E-state index contributed by atoms with van der Waals surface area (Å²) in [7, 11) is 0. The molecule has 0 aliphatic heterocycles. The summed E-state index contributed by atoms with van der Waals surface area (Å²) in [4.78, 5) is 0. The molecule has 0 amide bonds. The number of anilines is 2. The second kappa shape index (κ2) is 6.87. The molecule has 0 heterocycles. The largest absolute Gasteiger partial charge is 0.397 e. The SMILES string of the molecule is CCC(CC)C(O)CNc1ccc(Br)cc1N. The number of hydrogen-bond donors (Lipinski definition) is 3. The summed E-state index contributed by atoms with van der Waals surface area (Å²) in [5.74, 6) is 0.346. The molecule has 0 spiro atoms. The van der Waals surface area contributed by atoms with Crippen LogP contribution < -0.4 is 11.1 Å². The summed E-state index contributed by atoms with van der Waals surface area (Å²) in [5, 5.41) is 13.2. The van der Waals surface area contributed by atoms with Crippen LogP contribution >= 0.6 is 15.9 Å². The Hall–Kier alpha value is -0.740. The smallest absolute Gasteiger partial charge is 0.0740 e. The van der Waals surface area contributed by atoms with Crippen LogP contribution in [-0.2, 0) is 0 Å². The molecule has 1 atom stereocenters. The minimum absolute atomic E-state index is 0.326. The molecule has 17 heavy (non-hydrogen) atoms. The third-order valence-corrected chi connectivity index (χ3v) is 3.60. The number of hydrogen-bond acceptors (Lipinski definition) is 3. The Morgan fingerprint density at radius 2 is 2.00 bits per heavy atom. The predicted octanol–water partition coefficient (Wildman–Crippen LogP) is 3.24. The van der Waals surface area contributed by atoms with Gasteiger partial charge in [-0.25, -0.2) is 0 Å². The molecule has 1 aromatic rings. The van der Waals surface area contributed by atoms with E-state index in [9.17, 15) is 5.11 Å². The van der Waals surface area contributed by atoms with E-state index in [1.807, 2.05) is 18.2 Å². The molecule has 0 saturated carbocycles. The van der Waals surface area contributed by atoms with Crippen molar-refractivity contribution in [3.05, 3.63) is 22.7 Å². The molecule has 96 valence electrons. The van der Waals surface area contributed by atoms with Crippen molar-refractivity contribution in [3.8, 4) is 0 Å². The van der Waals surface area contributed by atoms with Crippen LogP contribution in [0, 0.1) is 5.92 Å². The summed E-state index contributed by atoms with van der Waals surface area (Å²) in [6, 6.07) is 5.70. The molecule has 4 N–H and O–H groups in total. The third kappa shape index (κ3) is 4.21. The monoisotopic (exact) mass is 300 g/mol. The molecule has 0 bridgehead atoms. The van der Waals surface area contributed by atoms with Gasteiger partial charge in [-0.15, -0.1) is 0 Å². The minimum atomic E-state index is -0.326. The maximum absolute atomic E-state index is 10.0. The van der Waals surface area contributed by atoms with E-state index in [1.165, 1.54) is 0 Å². The first-order valence-electron chi connectivity index (χ1n) is 6.05. The topological polar surface area (TPSA) is 58.3 Å². The Morgan fingerprint density at radius 1 is 1.35 bits per heavy atom. The maximum atomic E-state index is 10.0. The Labute approximate surface area is 112 Å². The van der Waals surface area contributed by atoms with Crippen LogP contribution in [0.15, 0.2) is 22.7 Å². The van der Waals surface area contributed by atoms with Crippen LogP contribution in [0.4, 0.5) is 11.4 Å². The van der Waals surface area contributed by atoms with Crippen molar-refractivity contribution in [1.82, 2.24) is 0 Å². The maximum Gasteiger partial charge on any atom is 0.0740 e. The number of rotatable bonds is 6. The van der Waals surface area contributed by atoms with E-state index in [-0.39, 0.29) is 6.10 Å². The fraction of sp³-hybridized carbons (Fsp3) is 0.538. The van der Waals surface area contributed by atoms with E-state index >= 15 is 0 Å². The van der Waals surface area contributed by atoms with Gasteiger partial charge in [-0.1, -0.05) is 42.6 Å². The number of nitrogens with two attached hydrogens (primary N) is 1. The number of nitrogen functional groups attached to an aromatic ring is 1. The van der Waals surface area contributed by atoms with Gasteiger partial charge < -0.3 is 16.2 Å². The Balaban J connectivity index is 2.55. The number of aliphatic hydroxyl groups is 1. The van der Waals surface area contributed by atoms with Crippen molar-refractivity contribution < 1.29 is 5.11 Å². The van der Waals surface area contributed by atoms with Crippen molar-refractivity contribution in [1.29, 1.82) is 0 Å². The number of benzene rings is 1. The average Bonchev–Trinajstić information content (AvgIpc) is 2.29. The van der Waals surface area contributed by atoms with Crippen LogP contribution in [0.2, 0.25) is 0 Å². The summed E-state index contributed by atoms with van der Waals surface area (Å²) in [6.45, 7) is 4.74. The second-order valence-electron chi connectivity index (χ2n) is 4.26. The normalized spacial score (nSPS) is 12.8. The van der Waals surface area contributed by atoms with Crippen LogP contribution in [0.1, 0.15) is 26.7 Å². The average molecular weight is 301 g/mol. The zero-order chi connectivity index (χ0) is 12.8. The van der Waals surface area contributed by atoms with Gasteiger partial charge in [0.15, 0.2) is 0 Å².